The summed E-state index contributed by atoms with van der Waals surface area (Å²) in [6.45, 7) is 7.50. The van der Waals surface area contributed by atoms with Gasteiger partial charge in [0.2, 0.25) is 0 Å². The maximum Gasteiger partial charge on any atom is 0.338 e. The molecule has 0 radical (unpaired) electrons. The molecule has 1 aliphatic heterocycles. The number of carbonyl (C=O) groups is 2. The smallest absolute Gasteiger partial charge is 0.338 e. The number of fused-ring (bicyclic) bond motifs is 1. The highest BCUT2D eigenvalue weighted by Gasteiger charge is 2.33. The fourth-order valence-corrected chi connectivity index (χ4v) is 5.72. The highest BCUT2D eigenvalue weighted by Crippen LogP contribution is 2.32. The van der Waals surface area contributed by atoms with Crippen LogP contribution in [-0.2, 0) is 9.53 Å². The number of hydrogen-bond acceptors (Lipinski definition) is 8. The molecule has 0 saturated heterocycles. The summed E-state index contributed by atoms with van der Waals surface area (Å²) >= 11 is 1.17. The average Bonchev–Trinajstić information content (AvgIpc) is 3.52. The minimum Gasteiger partial charge on any atom is -0.491 e. The molecule has 0 saturated carbocycles. The summed E-state index contributed by atoms with van der Waals surface area (Å²) in [5.74, 6) is -0.193. The number of carboxylic acid groups (broad SMARTS) is 1. The predicted octanol–water partition coefficient (Wildman–Crippen LogP) is 4.54. The molecule has 3 heterocycles. The molecule has 2 aromatic heterocycles. The molecule has 0 fully saturated rings. The van der Waals surface area contributed by atoms with E-state index in [-0.39, 0.29) is 29.4 Å². The number of aromatic carboxylic acids is 1. The van der Waals surface area contributed by atoms with Crippen LogP contribution in [0, 0.1) is 0 Å². The third-order valence-corrected chi connectivity index (χ3v) is 7.39. The van der Waals surface area contributed by atoms with Gasteiger partial charge in [-0.15, -0.1) is 0 Å². The Kier molecular flexibility index (Phi) is 7.76. The van der Waals surface area contributed by atoms with Gasteiger partial charge in [0.05, 0.1) is 40.1 Å². The van der Waals surface area contributed by atoms with E-state index < -0.39 is 18.0 Å². The van der Waals surface area contributed by atoms with Gasteiger partial charge in [-0.05, 0) is 63.6 Å². The number of nitrogens with zero attached hydrogens (tertiary/aromatic N) is 2. The summed E-state index contributed by atoms with van der Waals surface area (Å²) in [5, 5.41) is 9.54. The molecule has 1 N–H and O–H groups in total. The van der Waals surface area contributed by atoms with Gasteiger partial charge in [-0.25, -0.2) is 14.6 Å². The lowest BCUT2D eigenvalue weighted by Gasteiger charge is -2.25. The molecule has 0 amide bonds. The van der Waals surface area contributed by atoms with Crippen LogP contribution in [0.1, 0.15) is 55.4 Å². The van der Waals surface area contributed by atoms with Gasteiger partial charge >= 0.3 is 11.9 Å². The monoisotopic (exact) mass is 572 g/mol. The van der Waals surface area contributed by atoms with Crippen molar-refractivity contribution in [3.05, 3.63) is 109 Å². The number of esters is 1. The maximum absolute atomic E-state index is 13.8. The van der Waals surface area contributed by atoms with Crippen LogP contribution in [0.2, 0.25) is 0 Å². The number of benzene rings is 2. The minimum atomic E-state index is -1.07. The number of hydrogen-bond donors (Lipinski definition) is 1. The van der Waals surface area contributed by atoms with Crippen molar-refractivity contribution in [3.8, 4) is 17.1 Å². The van der Waals surface area contributed by atoms with Crippen LogP contribution in [0.5, 0.6) is 5.75 Å². The highest BCUT2D eigenvalue weighted by atomic mass is 32.1. The second-order valence-corrected chi connectivity index (χ2v) is 10.6. The third kappa shape index (κ3) is 5.51. The molecule has 2 aromatic carbocycles. The van der Waals surface area contributed by atoms with Crippen molar-refractivity contribution >= 4 is 29.4 Å². The lowest BCUT2D eigenvalue weighted by molar-refractivity contribution is -0.139. The number of ether oxygens (including phenoxy) is 2. The molecule has 10 heteroatoms. The Balaban J connectivity index is 1.61. The molecule has 1 aliphatic rings. The molecule has 0 bridgehead atoms. The average molecular weight is 573 g/mol. The molecule has 9 nitrogen and oxygen atoms in total. The molecule has 1 atom stereocenters. The van der Waals surface area contributed by atoms with E-state index in [4.69, 9.17) is 13.9 Å². The van der Waals surface area contributed by atoms with Gasteiger partial charge in [-0.2, -0.15) is 0 Å². The summed E-state index contributed by atoms with van der Waals surface area (Å²) in [6, 6.07) is 16.4. The lowest BCUT2D eigenvalue weighted by atomic mass is 9.96. The maximum atomic E-state index is 13.8. The van der Waals surface area contributed by atoms with E-state index in [0.29, 0.717) is 43.4 Å². The van der Waals surface area contributed by atoms with Gasteiger partial charge < -0.3 is 19.0 Å². The van der Waals surface area contributed by atoms with Crippen LogP contribution in [0.15, 0.2) is 86.1 Å². The molecule has 0 aliphatic carbocycles. The van der Waals surface area contributed by atoms with Crippen LogP contribution in [-0.4, -0.2) is 34.3 Å². The van der Waals surface area contributed by atoms with E-state index in [0.717, 1.165) is 0 Å². The largest absolute Gasteiger partial charge is 0.491 e. The van der Waals surface area contributed by atoms with Gasteiger partial charge in [0.15, 0.2) is 4.80 Å². The molecule has 0 spiro atoms. The van der Waals surface area contributed by atoms with Crippen LogP contribution in [0.4, 0.5) is 0 Å². The van der Waals surface area contributed by atoms with Gasteiger partial charge in [-0.3, -0.25) is 9.36 Å². The summed E-state index contributed by atoms with van der Waals surface area (Å²) in [7, 11) is 0. The van der Waals surface area contributed by atoms with Gasteiger partial charge in [0.1, 0.15) is 17.3 Å². The Labute approximate surface area is 239 Å². The third-order valence-electron chi connectivity index (χ3n) is 6.41. The molecule has 5 rings (SSSR count). The number of allylic oxidation sites excluding steroid dienone is 1. The zero-order valence-electron chi connectivity index (χ0n) is 22.9. The van der Waals surface area contributed by atoms with E-state index in [9.17, 15) is 19.5 Å². The Morgan fingerprint density at radius 3 is 2.54 bits per heavy atom. The molecular formula is C31H28N2O7S. The Hall–Kier alpha value is -4.70. The molecule has 41 heavy (non-hydrogen) atoms. The zero-order chi connectivity index (χ0) is 29.3. The Morgan fingerprint density at radius 2 is 1.85 bits per heavy atom. The van der Waals surface area contributed by atoms with Crippen LogP contribution < -0.4 is 19.6 Å². The van der Waals surface area contributed by atoms with Crippen molar-refractivity contribution in [3.63, 3.8) is 0 Å². The van der Waals surface area contributed by atoms with E-state index in [2.05, 4.69) is 4.99 Å². The van der Waals surface area contributed by atoms with Crippen molar-refractivity contribution in [1.29, 1.82) is 0 Å². The lowest BCUT2D eigenvalue weighted by Crippen LogP contribution is -2.39. The van der Waals surface area contributed by atoms with Gasteiger partial charge in [0.25, 0.3) is 5.56 Å². The molecular weight excluding hydrogens is 544 g/mol. The number of furan rings is 1. The topological polar surface area (TPSA) is 120 Å². The highest BCUT2D eigenvalue weighted by molar-refractivity contribution is 7.07. The van der Waals surface area contributed by atoms with Crippen molar-refractivity contribution in [2.75, 3.05) is 6.61 Å². The first-order valence-electron chi connectivity index (χ1n) is 13.1. The Bertz CT molecular complexity index is 1840. The molecule has 210 valence electrons. The van der Waals surface area contributed by atoms with Crippen LogP contribution >= 0.6 is 11.3 Å². The van der Waals surface area contributed by atoms with E-state index in [1.807, 2.05) is 38.1 Å². The SMILES string of the molecule is CCOC(=O)C1=C(C)N=c2s/c(=C\c3ccc(-c4ccccc4C(=O)O)o3)c(=O)n2[C@H]1c1ccc(OC(C)C)cc1. The van der Waals surface area contributed by atoms with Gasteiger partial charge in [-0.1, -0.05) is 41.7 Å². The first-order valence-corrected chi connectivity index (χ1v) is 13.9. The number of carboxylic acids is 1. The van der Waals surface area contributed by atoms with Crippen molar-refractivity contribution in [1.82, 2.24) is 4.57 Å². The van der Waals surface area contributed by atoms with Crippen molar-refractivity contribution in [2.45, 2.75) is 39.8 Å². The summed E-state index contributed by atoms with van der Waals surface area (Å²) in [5.41, 5.74) is 1.65. The zero-order valence-corrected chi connectivity index (χ0v) is 23.7. The standard InChI is InChI=1S/C31H28N2O7S/c1-5-38-30(37)26-18(4)32-31-33(27(26)19-10-12-20(13-11-19)39-17(2)3)28(34)25(41-31)16-21-14-15-24(40-21)22-8-6-7-9-23(22)29(35)36/h6-17,27H,5H2,1-4H3,(H,35,36)/b25-16-/t27-/m0/s1. The van der Waals surface area contributed by atoms with Crippen molar-refractivity contribution in [2.24, 2.45) is 4.99 Å². The number of thiazole rings is 1. The second kappa shape index (κ2) is 11.4. The summed E-state index contributed by atoms with van der Waals surface area (Å²) in [4.78, 5) is 43.6. The van der Waals surface area contributed by atoms with E-state index >= 15 is 0 Å². The fraction of sp³-hybridized carbons (Fsp3) is 0.226. The number of rotatable bonds is 8. The first-order chi connectivity index (χ1) is 19.7. The van der Waals surface area contributed by atoms with Crippen LogP contribution in [0.25, 0.3) is 17.4 Å². The fourth-order valence-electron chi connectivity index (χ4n) is 4.70. The number of carbonyl (C=O) groups excluding carboxylic acids is 1. The van der Waals surface area contributed by atoms with Crippen LogP contribution in [0.3, 0.4) is 0 Å². The minimum absolute atomic E-state index is 0.00419. The summed E-state index contributed by atoms with van der Waals surface area (Å²) < 4.78 is 18.9. The van der Waals surface area contributed by atoms with E-state index in [1.54, 1.807) is 50.3 Å². The first kappa shape index (κ1) is 27.9. The molecule has 4 aromatic rings. The Morgan fingerprint density at radius 1 is 1.12 bits per heavy atom. The quantitative estimate of drug-likeness (QED) is 0.308. The predicted molar refractivity (Wildman–Crippen MR) is 154 cm³/mol. The van der Waals surface area contributed by atoms with Crippen molar-refractivity contribution < 1.29 is 28.6 Å². The molecule has 0 unspecified atom stereocenters. The second-order valence-electron chi connectivity index (χ2n) is 9.59. The van der Waals surface area contributed by atoms with E-state index in [1.165, 1.54) is 22.0 Å². The van der Waals surface area contributed by atoms with Gasteiger partial charge in [0, 0.05) is 11.6 Å². The summed E-state index contributed by atoms with van der Waals surface area (Å²) in [6.07, 6.45) is 1.59. The number of aromatic nitrogens is 1. The normalized spacial score (nSPS) is 15.0.